The number of anilines is 1. The van der Waals surface area contributed by atoms with Crippen LogP contribution in [-0.4, -0.2) is 61.4 Å². The Morgan fingerprint density at radius 1 is 1.30 bits per heavy atom. The Labute approximate surface area is 120 Å². The van der Waals surface area contributed by atoms with Crippen LogP contribution in [0.5, 0.6) is 0 Å². The largest absolute Gasteiger partial charge is 0.381 e. The number of pyridine rings is 1. The summed E-state index contributed by atoms with van der Waals surface area (Å²) in [5.74, 6) is 1.08. The molecule has 0 radical (unpaired) electrons. The molecule has 110 valence electrons. The van der Waals surface area contributed by atoms with E-state index < -0.39 is 0 Å². The maximum atomic E-state index is 6.04. The normalized spacial score (nSPS) is 31.1. The van der Waals surface area contributed by atoms with Gasteiger partial charge in [0.15, 0.2) is 0 Å². The number of piperazine rings is 1. The lowest BCUT2D eigenvalue weighted by molar-refractivity contribution is -0.0886. The van der Waals surface area contributed by atoms with E-state index in [4.69, 9.17) is 10.5 Å². The van der Waals surface area contributed by atoms with Gasteiger partial charge in [0.1, 0.15) is 5.82 Å². The van der Waals surface area contributed by atoms with Gasteiger partial charge in [0.2, 0.25) is 0 Å². The minimum Gasteiger partial charge on any atom is -0.381 e. The van der Waals surface area contributed by atoms with Gasteiger partial charge in [-0.25, -0.2) is 4.98 Å². The molecular formula is C15H24N4O. The Morgan fingerprint density at radius 2 is 2.05 bits per heavy atom. The summed E-state index contributed by atoms with van der Waals surface area (Å²) in [5, 5.41) is 0. The molecule has 2 N–H and O–H groups in total. The molecule has 0 amide bonds. The van der Waals surface area contributed by atoms with Gasteiger partial charge in [-0.1, -0.05) is 6.07 Å². The topological polar surface area (TPSA) is 54.6 Å². The van der Waals surface area contributed by atoms with Gasteiger partial charge >= 0.3 is 0 Å². The second-order valence-corrected chi connectivity index (χ2v) is 5.86. The van der Waals surface area contributed by atoms with Crippen LogP contribution in [0.3, 0.4) is 0 Å². The average Bonchev–Trinajstić information content (AvgIpc) is 2.49. The van der Waals surface area contributed by atoms with Gasteiger partial charge in [0.25, 0.3) is 0 Å². The minimum atomic E-state index is 0.177. The Kier molecular flexibility index (Phi) is 3.92. The standard InChI is InChI=1S/C15H24N4O/c1-20-13-10-15(11-13,12-16)19-8-6-18(7-9-19)14-4-2-3-5-17-14/h2-5,13H,6-12,16H2,1H3. The summed E-state index contributed by atoms with van der Waals surface area (Å²) in [6, 6.07) is 6.09. The van der Waals surface area contributed by atoms with Crippen molar-refractivity contribution in [1.82, 2.24) is 9.88 Å². The summed E-state index contributed by atoms with van der Waals surface area (Å²) >= 11 is 0. The van der Waals surface area contributed by atoms with Gasteiger partial charge in [0.05, 0.1) is 6.10 Å². The highest BCUT2D eigenvalue weighted by Crippen LogP contribution is 2.39. The third-order valence-corrected chi connectivity index (χ3v) is 4.85. The molecule has 0 bridgehead atoms. The highest BCUT2D eigenvalue weighted by Gasteiger charge is 2.48. The Bertz CT molecular complexity index is 425. The average molecular weight is 276 g/mol. The molecule has 1 aliphatic carbocycles. The van der Waals surface area contributed by atoms with Gasteiger partial charge in [-0.15, -0.1) is 0 Å². The maximum absolute atomic E-state index is 6.04. The van der Waals surface area contributed by atoms with Gasteiger partial charge in [0, 0.05) is 51.6 Å². The number of hydrogen-bond donors (Lipinski definition) is 1. The van der Waals surface area contributed by atoms with Crippen LogP contribution in [0.1, 0.15) is 12.8 Å². The van der Waals surface area contributed by atoms with Gasteiger partial charge < -0.3 is 15.4 Å². The molecular weight excluding hydrogens is 252 g/mol. The van der Waals surface area contributed by atoms with E-state index in [2.05, 4.69) is 20.9 Å². The van der Waals surface area contributed by atoms with Crippen LogP contribution in [-0.2, 0) is 4.74 Å². The fourth-order valence-electron chi connectivity index (χ4n) is 3.46. The van der Waals surface area contributed by atoms with E-state index in [0.29, 0.717) is 6.10 Å². The molecule has 5 nitrogen and oxygen atoms in total. The van der Waals surface area contributed by atoms with E-state index in [9.17, 15) is 0 Å². The molecule has 0 aromatic carbocycles. The first kappa shape index (κ1) is 13.8. The molecule has 5 heteroatoms. The van der Waals surface area contributed by atoms with E-state index in [-0.39, 0.29) is 5.54 Å². The first-order valence-corrected chi connectivity index (χ1v) is 7.41. The quantitative estimate of drug-likeness (QED) is 0.878. The predicted octanol–water partition coefficient (Wildman–Crippen LogP) is 0.710. The fraction of sp³-hybridized carbons (Fsp3) is 0.667. The molecule has 1 aliphatic heterocycles. The lowest BCUT2D eigenvalue weighted by Gasteiger charge is -2.55. The summed E-state index contributed by atoms with van der Waals surface area (Å²) in [7, 11) is 1.80. The van der Waals surface area contributed by atoms with E-state index in [1.165, 1.54) is 0 Å². The van der Waals surface area contributed by atoms with E-state index in [1.807, 2.05) is 18.3 Å². The monoisotopic (exact) mass is 276 g/mol. The Morgan fingerprint density at radius 3 is 2.60 bits per heavy atom. The predicted molar refractivity (Wildman–Crippen MR) is 79.8 cm³/mol. The molecule has 2 heterocycles. The van der Waals surface area contributed by atoms with Crippen molar-refractivity contribution in [3.63, 3.8) is 0 Å². The number of methoxy groups -OCH3 is 1. The van der Waals surface area contributed by atoms with Crippen LogP contribution >= 0.6 is 0 Å². The number of hydrogen-bond acceptors (Lipinski definition) is 5. The number of nitrogens with zero attached hydrogens (tertiary/aromatic N) is 3. The third kappa shape index (κ3) is 2.41. The zero-order valence-electron chi connectivity index (χ0n) is 12.2. The lowest BCUT2D eigenvalue weighted by Crippen LogP contribution is -2.67. The summed E-state index contributed by atoms with van der Waals surface area (Å²) < 4.78 is 5.42. The third-order valence-electron chi connectivity index (χ3n) is 4.85. The zero-order valence-corrected chi connectivity index (χ0v) is 12.2. The van der Waals surface area contributed by atoms with E-state index in [1.54, 1.807) is 7.11 Å². The lowest BCUT2D eigenvalue weighted by atomic mass is 9.72. The molecule has 20 heavy (non-hydrogen) atoms. The van der Waals surface area contributed by atoms with Gasteiger partial charge in [-0.05, 0) is 25.0 Å². The highest BCUT2D eigenvalue weighted by molar-refractivity contribution is 5.38. The molecule has 0 atom stereocenters. The van der Waals surface area contributed by atoms with Crippen molar-refractivity contribution in [3.8, 4) is 0 Å². The number of ether oxygens (including phenoxy) is 1. The molecule has 1 saturated heterocycles. The number of rotatable bonds is 4. The molecule has 0 unspecified atom stereocenters. The Balaban J connectivity index is 1.59. The van der Waals surface area contributed by atoms with Crippen LogP contribution in [0, 0.1) is 0 Å². The molecule has 1 aromatic heterocycles. The number of aromatic nitrogens is 1. The van der Waals surface area contributed by atoms with E-state index >= 15 is 0 Å². The molecule has 2 aliphatic rings. The highest BCUT2D eigenvalue weighted by atomic mass is 16.5. The van der Waals surface area contributed by atoms with Crippen molar-refractivity contribution in [2.45, 2.75) is 24.5 Å². The second-order valence-electron chi connectivity index (χ2n) is 5.86. The summed E-state index contributed by atoms with van der Waals surface area (Å²) in [4.78, 5) is 9.34. The van der Waals surface area contributed by atoms with Crippen molar-refractivity contribution in [1.29, 1.82) is 0 Å². The van der Waals surface area contributed by atoms with Crippen molar-refractivity contribution in [2.24, 2.45) is 5.73 Å². The second kappa shape index (κ2) is 5.68. The van der Waals surface area contributed by atoms with Crippen LogP contribution < -0.4 is 10.6 Å². The van der Waals surface area contributed by atoms with Crippen LogP contribution in [0.15, 0.2) is 24.4 Å². The molecule has 0 spiro atoms. The fourth-order valence-corrected chi connectivity index (χ4v) is 3.46. The minimum absolute atomic E-state index is 0.177. The molecule has 2 fully saturated rings. The summed E-state index contributed by atoms with van der Waals surface area (Å²) in [6.07, 6.45) is 4.40. The zero-order chi connectivity index (χ0) is 14.0. The maximum Gasteiger partial charge on any atom is 0.128 e. The molecule has 3 rings (SSSR count). The summed E-state index contributed by atoms with van der Waals surface area (Å²) in [6.45, 7) is 4.90. The van der Waals surface area contributed by atoms with Crippen molar-refractivity contribution >= 4 is 5.82 Å². The SMILES string of the molecule is COC1CC(CN)(N2CCN(c3ccccn3)CC2)C1. The first-order chi connectivity index (χ1) is 9.77. The smallest absolute Gasteiger partial charge is 0.128 e. The van der Waals surface area contributed by atoms with Crippen molar-refractivity contribution in [2.75, 3.05) is 44.7 Å². The van der Waals surface area contributed by atoms with Gasteiger partial charge in [-0.2, -0.15) is 0 Å². The van der Waals surface area contributed by atoms with Crippen LogP contribution in [0.4, 0.5) is 5.82 Å². The van der Waals surface area contributed by atoms with Crippen molar-refractivity contribution < 1.29 is 4.74 Å². The summed E-state index contributed by atoms with van der Waals surface area (Å²) in [5.41, 5.74) is 6.22. The van der Waals surface area contributed by atoms with E-state index in [0.717, 1.165) is 51.4 Å². The Hall–Kier alpha value is -1.17. The van der Waals surface area contributed by atoms with Gasteiger partial charge in [-0.3, -0.25) is 4.90 Å². The van der Waals surface area contributed by atoms with Crippen LogP contribution in [0.2, 0.25) is 0 Å². The molecule has 1 saturated carbocycles. The molecule has 1 aromatic rings. The van der Waals surface area contributed by atoms with Crippen molar-refractivity contribution in [3.05, 3.63) is 24.4 Å². The first-order valence-electron chi connectivity index (χ1n) is 7.41. The van der Waals surface area contributed by atoms with Crippen LogP contribution in [0.25, 0.3) is 0 Å². The number of nitrogens with two attached hydrogens (primary N) is 1.